The fraction of sp³-hybridized carbons (Fsp3) is 0.185. The third kappa shape index (κ3) is 4.02. The predicted octanol–water partition coefficient (Wildman–Crippen LogP) is 5.41. The molecule has 0 saturated carbocycles. The number of carbonyl (C=O) groups is 2. The van der Waals surface area contributed by atoms with Crippen LogP contribution in [0.5, 0.6) is 5.75 Å². The average Bonchev–Trinajstić information content (AvgIpc) is 3.00. The molecule has 0 radical (unpaired) electrons. The van der Waals surface area contributed by atoms with E-state index in [1.807, 2.05) is 70.2 Å². The summed E-state index contributed by atoms with van der Waals surface area (Å²) in [6.45, 7) is 8.37. The second kappa shape index (κ2) is 8.71. The minimum absolute atomic E-state index is 0.271. The smallest absolute Gasteiger partial charge is 0.282 e. The van der Waals surface area contributed by atoms with Crippen molar-refractivity contribution in [2.45, 2.75) is 27.7 Å². The molecule has 1 aliphatic heterocycles. The van der Waals surface area contributed by atoms with Gasteiger partial charge in [-0.25, -0.2) is 4.90 Å². The molecule has 5 heteroatoms. The van der Waals surface area contributed by atoms with Crippen LogP contribution in [0.25, 0.3) is 5.57 Å². The molecule has 1 N–H and O–H groups in total. The topological polar surface area (TPSA) is 58.6 Å². The molecule has 0 spiro atoms. The van der Waals surface area contributed by atoms with E-state index in [2.05, 4.69) is 5.32 Å². The van der Waals surface area contributed by atoms with Gasteiger partial charge in [-0.2, -0.15) is 0 Å². The van der Waals surface area contributed by atoms with E-state index in [9.17, 15) is 9.59 Å². The van der Waals surface area contributed by atoms with Crippen LogP contribution in [0.15, 0.2) is 72.4 Å². The van der Waals surface area contributed by atoms with Crippen LogP contribution in [0.4, 0.5) is 11.4 Å². The zero-order chi connectivity index (χ0) is 22.8. The zero-order valence-corrected chi connectivity index (χ0v) is 18.7. The molecule has 0 atom stereocenters. The summed E-state index contributed by atoms with van der Waals surface area (Å²) >= 11 is 0. The number of hydrogen-bond donors (Lipinski definition) is 1. The molecule has 0 fully saturated rings. The van der Waals surface area contributed by atoms with Gasteiger partial charge < -0.3 is 10.1 Å². The summed E-state index contributed by atoms with van der Waals surface area (Å²) in [5.41, 5.74) is 5.81. The standard InChI is InChI=1S/C27H26N2O3/c1-5-32-22-8-6-7-21(16-22)29-26(30)24(20-12-9-17(2)10-13-20)25(27(29)31)28-23-14-11-18(3)15-19(23)4/h6-16,28H,5H2,1-4H3. The number of carbonyl (C=O) groups excluding carboxylic acids is 2. The van der Waals surface area contributed by atoms with Crippen molar-refractivity contribution < 1.29 is 14.3 Å². The van der Waals surface area contributed by atoms with Gasteiger partial charge in [-0.05, 0) is 57.0 Å². The Balaban J connectivity index is 1.81. The summed E-state index contributed by atoms with van der Waals surface area (Å²) in [5, 5.41) is 3.26. The SMILES string of the molecule is CCOc1cccc(N2C(=O)C(Nc3ccc(C)cc3C)=C(c3ccc(C)cc3)C2=O)c1. The summed E-state index contributed by atoms with van der Waals surface area (Å²) in [6, 6.07) is 20.6. The fourth-order valence-corrected chi connectivity index (χ4v) is 3.84. The van der Waals surface area contributed by atoms with Crippen LogP contribution in [-0.2, 0) is 9.59 Å². The Hall–Kier alpha value is -3.86. The second-order valence-electron chi connectivity index (χ2n) is 7.94. The van der Waals surface area contributed by atoms with Crippen LogP contribution in [0.2, 0.25) is 0 Å². The van der Waals surface area contributed by atoms with Crippen LogP contribution in [-0.4, -0.2) is 18.4 Å². The van der Waals surface area contributed by atoms with Crippen molar-refractivity contribution in [3.8, 4) is 5.75 Å². The highest BCUT2D eigenvalue weighted by atomic mass is 16.5. The van der Waals surface area contributed by atoms with Crippen molar-refractivity contribution in [2.75, 3.05) is 16.8 Å². The lowest BCUT2D eigenvalue weighted by Gasteiger charge is -2.17. The minimum Gasteiger partial charge on any atom is -0.494 e. The van der Waals surface area contributed by atoms with Gasteiger partial charge in [0.15, 0.2) is 0 Å². The molecule has 5 nitrogen and oxygen atoms in total. The number of anilines is 2. The van der Waals surface area contributed by atoms with Crippen LogP contribution < -0.4 is 15.0 Å². The van der Waals surface area contributed by atoms with E-state index in [1.165, 1.54) is 4.90 Å². The molecule has 3 aromatic carbocycles. The van der Waals surface area contributed by atoms with Gasteiger partial charge in [0.25, 0.3) is 11.8 Å². The maximum atomic E-state index is 13.6. The van der Waals surface area contributed by atoms with Gasteiger partial charge in [-0.15, -0.1) is 0 Å². The number of hydrogen-bond acceptors (Lipinski definition) is 4. The Morgan fingerprint density at radius 3 is 2.25 bits per heavy atom. The molecule has 0 saturated heterocycles. The highest BCUT2D eigenvalue weighted by molar-refractivity contribution is 6.46. The molecule has 4 rings (SSSR count). The average molecular weight is 427 g/mol. The van der Waals surface area contributed by atoms with E-state index >= 15 is 0 Å². The molecule has 1 aliphatic rings. The molecular weight excluding hydrogens is 400 g/mol. The van der Waals surface area contributed by atoms with E-state index in [0.29, 0.717) is 29.2 Å². The summed E-state index contributed by atoms with van der Waals surface area (Å²) in [5.74, 6) is -0.141. The van der Waals surface area contributed by atoms with Crippen molar-refractivity contribution in [1.29, 1.82) is 0 Å². The van der Waals surface area contributed by atoms with Crippen molar-refractivity contribution in [1.82, 2.24) is 0 Å². The largest absolute Gasteiger partial charge is 0.494 e. The van der Waals surface area contributed by atoms with Crippen LogP contribution in [0.1, 0.15) is 29.2 Å². The van der Waals surface area contributed by atoms with Crippen molar-refractivity contribution in [3.63, 3.8) is 0 Å². The fourth-order valence-electron chi connectivity index (χ4n) is 3.84. The van der Waals surface area contributed by atoms with Gasteiger partial charge in [0.1, 0.15) is 11.4 Å². The van der Waals surface area contributed by atoms with Gasteiger partial charge in [0, 0.05) is 11.8 Å². The Morgan fingerprint density at radius 1 is 0.844 bits per heavy atom. The van der Waals surface area contributed by atoms with Gasteiger partial charge in [0.2, 0.25) is 0 Å². The molecule has 0 aromatic heterocycles. The van der Waals surface area contributed by atoms with E-state index in [0.717, 1.165) is 22.4 Å². The first-order chi connectivity index (χ1) is 15.4. The lowest BCUT2D eigenvalue weighted by Crippen LogP contribution is -2.32. The Bertz CT molecular complexity index is 1230. The summed E-state index contributed by atoms with van der Waals surface area (Å²) < 4.78 is 5.57. The Labute approximate surface area is 188 Å². The normalized spacial score (nSPS) is 13.7. The lowest BCUT2D eigenvalue weighted by atomic mass is 10.0. The van der Waals surface area contributed by atoms with Crippen LogP contribution >= 0.6 is 0 Å². The third-order valence-corrected chi connectivity index (χ3v) is 5.45. The zero-order valence-electron chi connectivity index (χ0n) is 18.7. The molecule has 162 valence electrons. The van der Waals surface area contributed by atoms with Gasteiger partial charge >= 0.3 is 0 Å². The van der Waals surface area contributed by atoms with Crippen molar-refractivity contribution in [3.05, 3.63) is 94.7 Å². The summed E-state index contributed by atoms with van der Waals surface area (Å²) in [6.07, 6.45) is 0. The first-order valence-corrected chi connectivity index (χ1v) is 10.7. The molecule has 1 heterocycles. The maximum absolute atomic E-state index is 13.6. The highest BCUT2D eigenvalue weighted by Gasteiger charge is 2.40. The van der Waals surface area contributed by atoms with Gasteiger partial charge in [-0.3, -0.25) is 9.59 Å². The number of nitrogens with one attached hydrogen (secondary N) is 1. The van der Waals surface area contributed by atoms with E-state index < -0.39 is 0 Å². The predicted molar refractivity (Wildman–Crippen MR) is 128 cm³/mol. The summed E-state index contributed by atoms with van der Waals surface area (Å²) in [7, 11) is 0. The number of ether oxygens (including phenoxy) is 1. The third-order valence-electron chi connectivity index (χ3n) is 5.45. The first-order valence-electron chi connectivity index (χ1n) is 10.7. The number of imide groups is 1. The molecule has 0 aliphatic carbocycles. The molecule has 0 unspecified atom stereocenters. The van der Waals surface area contributed by atoms with E-state index in [-0.39, 0.29) is 17.5 Å². The lowest BCUT2D eigenvalue weighted by molar-refractivity contribution is -0.120. The van der Waals surface area contributed by atoms with E-state index in [4.69, 9.17) is 4.74 Å². The molecule has 0 bridgehead atoms. The first kappa shape index (κ1) is 21.4. The highest BCUT2D eigenvalue weighted by Crippen LogP contribution is 2.35. The number of nitrogens with zero attached hydrogens (tertiary/aromatic N) is 1. The Kier molecular flexibility index (Phi) is 5.82. The monoisotopic (exact) mass is 426 g/mol. The van der Waals surface area contributed by atoms with E-state index in [1.54, 1.807) is 24.3 Å². The minimum atomic E-state index is -0.390. The number of benzene rings is 3. The summed E-state index contributed by atoms with van der Waals surface area (Å²) in [4.78, 5) is 28.4. The van der Waals surface area contributed by atoms with Crippen molar-refractivity contribution in [2.24, 2.45) is 0 Å². The molecular formula is C27H26N2O3. The maximum Gasteiger partial charge on any atom is 0.282 e. The Morgan fingerprint density at radius 2 is 1.56 bits per heavy atom. The van der Waals surface area contributed by atoms with Crippen LogP contribution in [0, 0.1) is 20.8 Å². The molecule has 32 heavy (non-hydrogen) atoms. The molecule has 3 aromatic rings. The second-order valence-corrected chi connectivity index (χ2v) is 7.94. The quantitative estimate of drug-likeness (QED) is 0.536. The number of aryl methyl sites for hydroxylation is 3. The molecule has 2 amide bonds. The van der Waals surface area contributed by atoms with Gasteiger partial charge in [0.05, 0.1) is 17.9 Å². The number of rotatable bonds is 6. The van der Waals surface area contributed by atoms with Crippen molar-refractivity contribution >= 4 is 28.8 Å². The van der Waals surface area contributed by atoms with Crippen LogP contribution in [0.3, 0.4) is 0 Å². The van der Waals surface area contributed by atoms with Gasteiger partial charge in [-0.1, -0.05) is 53.6 Å². The number of amides is 2.